The summed E-state index contributed by atoms with van der Waals surface area (Å²) in [7, 11) is 1.15. The maximum Gasteiger partial charge on any atom is 0.494 e. The zero-order chi connectivity index (χ0) is 19.4. The first-order valence-corrected chi connectivity index (χ1v) is 8.78. The monoisotopic (exact) mass is 369 g/mol. The second kappa shape index (κ2) is 6.04. The summed E-state index contributed by atoms with van der Waals surface area (Å²) in [6.07, 6.45) is 1.67. The Morgan fingerprint density at radius 2 is 1.81 bits per heavy atom. The molecular formula is C19H21BFN3O3. The van der Waals surface area contributed by atoms with Crippen LogP contribution in [0.1, 0.15) is 27.7 Å². The molecule has 8 heteroatoms. The summed E-state index contributed by atoms with van der Waals surface area (Å²) in [5, 5.41) is 0. The molecule has 0 bridgehead atoms. The normalized spacial score (nSPS) is 18.2. The minimum absolute atomic E-state index is 0.0775. The number of pyridine rings is 1. The fourth-order valence-corrected chi connectivity index (χ4v) is 2.92. The second-order valence-corrected chi connectivity index (χ2v) is 7.68. The Labute approximate surface area is 157 Å². The zero-order valence-electron chi connectivity index (χ0n) is 16.0. The third-order valence-electron chi connectivity index (χ3n) is 5.27. The lowest BCUT2D eigenvalue weighted by atomic mass is 9.79. The molecule has 0 unspecified atom stereocenters. The molecule has 27 heavy (non-hydrogen) atoms. The molecule has 3 heterocycles. The van der Waals surface area contributed by atoms with Gasteiger partial charge in [0, 0.05) is 13.2 Å². The summed E-state index contributed by atoms with van der Waals surface area (Å²) < 4.78 is 34.0. The third kappa shape index (κ3) is 2.98. The van der Waals surface area contributed by atoms with Gasteiger partial charge in [-0.15, -0.1) is 0 Å². The summed E-state index contributed by atoms with van der Waals surface area (Å²) in [5.74, 6) is -0.434. The van der Waals surface area contributed by atoms with Gasteiger partial charge in [0.2, 0.25) is 0 Å². The van der Waals surface area contributed by atoms with Crippen molar-refractivity contribution in [1.82, 2.24) is 14.5 Å². The van der Waals surface area contributed by atoms with E-state index in [0.717, 1.165) is 0 Å². The van der Waals surface area contributed by atoms with Crippen LogP contribution in [0.15, 0.2) is 36.5 Å². The molecule has 0 spiro atoms. The number of benzene rings is 1. The predicted octanol–water partition coefficient (Wildman–Crippen LogP) is 3.20. The van der Waals surface area contributed by atoms with Gasteiger partial charge >= 0.3 is 13.1 Å². The Hall–Kier alpha value is -2.45. The van der Waals surface area contributed by atoms with Gasteiger partial charge in [-0.05, 0) is 57.4 Å². The molecule has 0 N–H and O–H groups in total. The van der Waals surface area contributed by atoms with Crippen molar-refractivity contribution in [1.29, 1.82) is 0 Å². The van der Waals surface area contributed by atoms with E-state index in [1.54, 1.807) is 36.0 Å². The minimum atomic E-state index is -0.626. The van der Waals surface area contributed by atoms with Crippen molar-refractivity contribution in [2.45, 2.75) is 38.9 Å². The zero-order valence-corrected chi connectivity index (χ0v) is 16.0. The van der Waals surface area contributed by atoms with Crippen molar-refractivity contribution in [3.05, 3.63) is 42.3 Å². The van der Waals surface area contributed by atoms with Crippen molar-refractivity contribution in [3.8, 4) is 11.8 Å². The Kier molecular flexibility index (Phi) is 4.01. The van der Waals surface area contributed by atoms with E-state index in [2.05, 4.69) is 9.97 Å². The van der Waals surface area contributed by atoms with Crippen LogP contribution in [-0.4, -0.2) is 32.9 Å². The lowest BCUT2D eigenvalue weighted by Gasteiger charge is -2.32. The van der Waals surface area contributed by atoms with Crippen LogP contribution in [0.2, 0.25) is 0 Å². The average Bonchev–Trinajstić information content (AvgIpc) is 3.03. The van der Waals surface area contributed by atoms with E-state index in [1.807, 2.05) is 33.8 Å². The quantitative estimate of drug-likeness (QED) is 0.664. The molecule has 6 nitrogen and oxygen atoms in total. The fraction of sp³-hybridized carbons (Fsp3) is 0.368. The van der Waals surface area contributed by atoms with Crippen LogP contribution in [-0.2, 0) is 16.4 Å². The predicted molar refractivity (Wildman–Crippen MR) is 101 cm³/mol. The first kappa shape index (κ1) is 17.9. The lowest BCUT2D eigenvalue weighted by Crippen LogP contribution is -2.41. The first-order chi connectivity index (χ1) is 12.7. The SMILES string of the molecule is Cn1c(Oc2ccc(B3OC(C)(C)C(C)(C)O3)cc2F)nc2cccnc21. The highest BCUT2D eigenvalue weighted by Gasteiger charge is 2.51. The molecule has 4 rings (SSSR count). The highest BCUT2D eigenvalue weighted by atomic mass is 19.1. The number of imidazole rings is 1. The molecule has 1 aliphatic heterocycles. The average molecular weight is 369 g/mol. The van der Waals surface area contributed by atoms with Gasteiger partial charge in [-0.2, -0.15) is 4.98 Å². The standard InChI is InChI=1S/C19H21BFN3O3/c1-18(2)19(3,4)27-20(26-18)12-8-9-15(13(21)11-12)25-17-23-14-7-6-10-22-16(14)24(17)5/h6-11H,1-5H3. The fourth-order valence-electron chi connectivity index (χ4n) is 2.92. The minimum Gasteiger partial charge on any atom is -0.422 e. The van der Waals surface area contributed by atoms with Crippen LogP contribution in [0.3, 0.4) is 0 Å². The van der Waals surface area contributed by atoms with E-state index in [-0.39, 0.29) is 11.8 Å². The smallest absolute Gasteiger partial charge is 0.422 e. The van der Waals surface area contributed by atoms with E-state index >= 15 is 0 Å². The highest BCUT2D eigenvalue weighted by molar-refractivity contribution is 6.62. The molecule has 0 aliphatic carbocycles. The van der Waals surface area contributed by atoms with E-state index in [1.165, 1.54) is 6.07 Å². The number of aryl methyl sites for hydroxylation is 1. The van der Waals surface area contributed by atoms with Gasteiger partial charge in [0.1, 0.15) is 5.52 Å². The number of fused-ring (bicyclic) bond motifs is 1. The highest BCUT2D eigenvalue weighted by Crippen LogP contribution is 2.36. The summed E-state index contributed by atoms with van der Waals surface area (Å²) >= 11 is 0. The third-order valence-corrected chi connectivity index (χ3v) is 5.27. The number of hydrogen-bond acceptors (Lipinski definition) is 5. The molecule has 0 saturated carbocycles. The van der Waals surface area contributed by atoms with Crippen LogP contribution >= 0.6 is 0 Å². The molecule has 1 aromatic carbocycles. The van der Waals surface area contributed by atoms with Crippen LogP contribution in [0.4, 0.5) is 4.39 Å². The van der Waals surface area contributed by atoms with Crippen molar-refractivity contribution in [3.63, 3.8) is 0 Å². The molecule has 1 aliphatic rings. The van der Waals surface area contributed by atoms with Crippen LogP contribution in [0.25, 0.3) is 11.2 Å². The topological polar surface area (TPSA) is 58.4 Å². The van der Waals surface area contributed by atoms with Crippen LogP contribution in [0.5, 0.6) is 11.8 Å². The first-order valence-electron chi connectivity index (χ1n) is 8.78. The Bertz CT molecular complexity index is 1000. The molecule has 1 saturated heterocycles. The Balaban J connectivity index is 1.60. The van der Waals surface area contributed by atoms with Gasteiger partial charge < -0.3 is 14.0 Å². The molecule has 0 atom stereocenters. The van der Waals surface area contributed by atoms with E-state index in [9.17, 15) is 4.39 Å². The summed E-state index contributed by atoms with van der Waals surface area (Å²) in [4.78, 5) is 8.60. The van der Waals surface area contributed by atoms with Gasteiger partial charge in [0.05, 0.1) is 11.2 Å². The van der Waals surface area contributed by atoms with Crippen LogP contribution < -0.4 is 10.2 Å². The van der Waals surface area contributed by atoms with Gasteiger partial charge in [-0.3, -0.25) is 4.57 Å². The maximum absolute atomic E-state index is 14.7. The van der Waals surface area contributed by atoms with Crippen molar-refractivity contribution < 1.29 is 18.4 Å². The molecule has 1 fully saturated rings. The number of aromatic nitrogens is 3. The second-order valence-electron chi connectivity index (χ2n) is 7.68. The molecule has 0 radical (unpaired) electrons. The summed E-state index contributed by atoms with van der Waals surface area (Å²) in [6.45, 7) is 7.84. The number of rotatable bonds is 3. The van der Waals surface area contributed by atoms with Crippen LogP contribution in [0, 0.1) is 5.82 Å². The largest absolute Gasteiger partial charge is 0.494 e. The van der Waals surface area contributed by atoms with Gasteiger partial charge in [-0.1, -0.05) is 6.07 Å². The molecular weight excluding hydrogens is 348 g/mol. The summed E-state index contributed by atoms with van der Waals surface area (Å²) in [6, 6.07) is 8.56. The van der Waals surface area contributed by atoms with Crippen molar-refractivity contribution >= 4 is 23.7 Å². The Morgan fingerprint density at radius 3 is 2.44 bits per heavy atom. The maximum atomic E-state index is 14.7. The van der Waals surface area contributed by atoms with Gasteiger partial charge in [-0.25, -0.2) is 9.37 Å². The summed E-state index contributed by atoms with van der Waals surface area (Å²) in [5.41, 5.74) is 0.989. The molecule has 2 aromatic heterocycles. The number of nitrogens with zero attached hydrogens (tertiary/aromatic N) is 3. The van der Waals surface area contributed by atoms with Gasteiger partial charge in [0.25, 0.3) is 0 Å². The van der Waals surface area contributed by atoms with E-state index < -0.39 is 24.1 Å². The van der Waals surface area contributed by atoms with Crippen molar-refractivity contribution in [2.24, 2.45) is 7.05 Å². The number of ether oxygens (including phenoxy) is 1. The van der Waals surface area contributed by atoms with Gasteiger partial charge in [0.15, 0.2) is 17.2 Å². The molecule has 3 aromatic rings. The number of hydrogen-bond donors (Lipinski definition) is 0. The van der Waals surface area contributed by atoms with E-state index in [4.69, 9.17) is 14.0 Å². The van der Waals surface area contributed by atoms with E-state index in [0.29, 0.717) is 16.6 Å². The molecule has 0 amide bonds. The Morgan fingerprint density at radius 1 is 1.11 bits per heavy atom. The van der Waals surface area contributed by atoms with Crippen molar-refractivity contribution in [2.75, 3.05) is 0 Å². The lowest BCUT2D eigenvalue weighted by molar-refractivity contribution is 0.00578. The number of halogens is 1. The molecule has 140 valence electrons.